The van der Waals surface area contributed by atoms with Crippen molar-refractivity contribution in [2.24, 2.45) is 0 Å². The molecule has 0 aromatic heterocycles. The standard InChI is InChI=1S/C16H21NO2/c1-12(2)17-10-14(18)11-19-16-9-5-7-13-6-3-4-8-15(13)16/h3-9,12,14,17-18H,10-11H2,1-2H3/i1D3,2D3,10D2. The van der Waals surface area contributed by atoms with Crippen LogP contribution in [0.15, 0.2) is 42.5 Å². The molecule has 1 unspecified atom stereocenters. The van der Waals surface area contributed by atoms with Gasteiger partial charge in [0, 0.05) is 28.9 Å². The van der Waals surface area contributed by atoms with Crippen LogP contribution in [0.2, 0.25) is 0 Å². The zero-order valence-electron chi connectivity index (χ0n) is 18.3. The number of benzene rings is 2. The highest BCUT2D eigenvalue weighted by Crippen LogP contribution is 2.25. The molecular weight excluding hydrogens is 238 g/mol. The van der Waals surface area contributed by atoms with Gasteiger partial charge in [-0.05, 0) is 11.5 Å². The lowest BCUT2D eigenvalue weighted by Crippen LogP contribution is -2.35. The molecule has 0 heterocycles. The minimum absolute atomic E-state index is 0.422. The van der Waals surface area contributed by atoms with Crippen molar-refractivity contribution in [3.8, 4) is 5.75 Å². The largest absolute Gasteiger partial charge is 0.490 e. The Hall–Kier alpha value is -1.58. The number of hydrogen-bond donors (Lipinski definition) is 2. The van der Waals surface area contributed by atoms with E-state index in [0.717, 1.165) is 10.8 Å². The summed E-state index contributed by atoms with van der Waals surface area (Å²) in [7, 11) is 0. The van der Waals surface area contributed by atoms with Gasteiger partial charge >= 0.3 is 0 Å². The predicted molar refractivity (Wildman–Crippen MR) is 78.6 cm³/mol. The Morgan fingerprint density at radius 3 is 2.89 bits per heavy atom. The van der Waals surface area contributed by atoms with Crippen LogP contribution in [0.25, 0.3) is 10.8 Å². The average Bonchev–Trinajstić information content (AvgIpc) is 2.55. The maximum Gasteiger partial charge on any atom is 0.127 e. The van der Waals surface area contributed by atoms with Crippen LogP contribution in [0.4, 0.5) is 0 Å². The second-order valence-corrected chi connectivity index (χ2v) is 4.03. The van der Waals surface area contributed by atoms with E-state index in [1.165, 1.54) is 0 Å². The summed E-state index contributed by atoms with van der Waals surface area (Å²) in [6.45, 7) is -9.15. The summed E-state index contributed by atoms with van der Waals surface area (Å²) in [6.07, 6.45) is -1.80. The zero-order chi connectivity index (χ0) is 20.5. The number of fused-ring (bicyclic) bond motifs is 1. The summed E-state index contributed by atoms with van der Waals surface area (Å²) in [5.41, 5.74) is 0. The van der Waals surface area contributed by atoms with Crippen molar-refractivity contribution >= 4 is 10.8 Å². The topological polar surface area (TPSA) is 41.5 Å². The minimum Gasteiger partial charge on any atom is -0.490 e. The Balaban J connectivity index is 2.12. The highest BCUT2D eigenvalue weighted by molar-refractivity contribution is 5.88. The van der Waals surface area contributed by atoms with E-state index in [-0.39, 0.29) is 0 Å². The summed E-state index contributed by atoms with van der Waals surface area (Å²) in [5.74, 6) is 0.422. The van der Waals surface area contributed by atoms with Crippen molar-refractivity contribution in [1.82, 2.24) is 5.32 Å². The molecule has 0 fully saturated rings. The molecule has 0 aliphatic carbocycles. The maximum atomic E-state index is 10.2. The van der Waals surface area contributed by atoms with Gasteiger partial charge in [-0.15, -0.1) is 0 Å². The van der Waals surface area contributed by atoms with Crippen LogP contribution in [0.5, 0.6) is 5.75 Å². The molecule has 19 heavy (non-hydrogen) atoms. The number of nitrogens with one attached hydrogen (secondary N) is 1. The fourth-order valence-corrected chi connectivity index (χ4v) is 1.71. The molecule has 2 aromatic rings. The van der Waals surface area contributed by atoms with Gasteiger partial charge in [-0.1, -0.05) is 50.1 Å². The van der Waals surface area contributed by atoms with E-state index < -0.39 is 39.0 Å². The molecule has 1 atom stereocenters. The van der Waals surface area contributed by atoms with Gasteiger partial charge in [0.2, 0.25) is 0 Å². The van der Waals surface area contributed by atoms with Gasteiger partial charge in [0.05, 0.1) is 0 Å². The van der Waals surface area contributed by atoms with Crippen LogP contribution in [-0.2, 0) is 0 Å². The molecule has 2 aromatic carbocycles. The lowest BCUT2D eigenvalue weighted by molar-refractivity contribution is 0.105. The smallest absolute Gasteiger partial charge is 0.127 e. The third-order valence-corrected chi connectivity index (χ3v) is 2.54. The van der Waals surface area contributed by atoms with Gasteiger partial charge in [-0.2, -0.15) is 0 Å². The Kier molecular flexibility index (Phi) is 2.32. The summed E-state index contributed by atoms with van der Waals surface area (Å²) in [4.78, 5) is 0. The second kappa shape index (κ2) is 6.55. The lowest BCUT2D eigenvalue weighted by atomic mass is 10.1. The van der Waals surface area contributed by atoms with Gasteiger partial charge in [0.15, 0.2) is 0 Å². The molecule has 102 valence electrons. The van der Waals surface area contributed by atoms with Crippen LogP contribution >= 0.6 is 0 Å². The fraction of sp³-hybridized carbons (Fsp3) is 0.375. The molecular formula is C16H21NO2. The normalized spacial score (nSPS) is 21.2. The SMILES string of the molecule is [2H]C([2H])([2H])C(NC([2H])([2H])C(O)COc1cccc2ccccc12)C([2H])([2H])[2H]. The fourth-order valence-electron chi connectivity index (χ4n) is 1.71. The molecule has 0 aliphatic rings. The minimum atomic E-state index is -2.98. The first-order valence-corrected chi connectivity index (χ1v) is 5.89. The highest BCUT2D eigenvalue weighted by Gasteiger charge is 2.07. The second-order valence-electron chi connectivity index (χ2n) is 4.03. The van der Waals surface area contributed by atoms with Crippen molar-refractivity contribution in [2.75, 3.05) is 13.1 Å². The Labute approximate surface area is 125 Å². The van der Waals surface area contributed by atoms with Gasteiger partial charge in [0.1, 0.15) is 18.5 Å². The van der Waals surface area contributed by atoms with E-state index in [1.807, 2.05) is 35.6 Å². The Morgan fingerprint density at radius 2 is 2.05 bits per heavy atom. The van der Waals surface area contributed by atoms with Gasteiger partial charge in [0.25, 0.3) is 0 Å². The van der Waals surface area contributed by atoms with Crippen molar-refractivity contribution < 1.29 is 20.8 Å². The van der Waals surface area contributed by atoms with E-state index >= 15 is 0 Å². The van der Waals surface area contributed by atoms with Crippen LogP contribution in [0.3, 0.4) is 0 Å². The van der Waals surface area contributed by atoms with Crippen molar-refractivity contribution in [3.63, 3.8) is 0 Å². The number of aliphatic hydroxyl groups excluding tert-OH is 1. The van der Waals surface area contributed by atoms with Crippen LogP contribution in [0, 0.1) is 0 Å². The first-order valence-electron chi connectivity index (χ1n) is 9.89. The molecule has 0 saturated heterocycles. The van der Waals surface area contributed by atoms with Crippen molar-refractivity contribution in [1.29, 1.82) is 0 Å². The average molecular weight is 267 g/mol. The van der Waals surface area contributed by atoms with E-state index in [1.54, 1.807) is 12.1 Å². The van der Waals surface area contributed by atoms with Crippen molar-refractivity contribution in [2.45, 2.75) is 25.8 Å². The first-order chi connectivity index (χ1) is 12.3. The summed E-state index contributed by atoms with van der Waals surface area (Å²) < 4.78 is 65.2. The quantitative estimate of drug-likeness (QED) is 0.845. The van der Waals surface area contributed by atoms with Gasteiger partial charge in [-0.25, -0.2) is 0 Å². The van der Waals surface area contributed by atoms with Crippen LogP contribution < -0.4 is 10.1 Å². The molecule has 2 rings (SSSR count). The predicted octanol–water partition coefficient (Wildman–Crippen LogP) is 2.58. The summed E-state index contributed by atoms with van der Waals surface area (Å²) in [6, 6.07) is 10.5. The molecule has 0 radical (unpaired) electrons. The molecule has 2 N–H and O–H groups in total. The van der Waals surface area contributed by atoms with Gasteiger partial charge < -0.3 is 15.2 Å². The zero-order valence-corrected chi connectivity index (χ0v) is 10.3. The molecule has 0 bridgehead atoms. The van der Waals surface area contributed by atoms with Crippen LogP contribution in [0.1, 0.15) is 24.7 Å². The number of rotatable bonds is 6. The molecule has 3 heteroatoms. The van der Waals surface area contributed by atoms with E-state index in [2.05, 4.69) is 0 Å². The maximum absolute atomic E-state index is 10.2. The summed E-state index contributed by atoms with van der Waals surface area (Å²) >= 11 is 0. The first kappa shape index (κ1) is 6.73. The summed E-state index contributed by atoms with van der Waals surface area (Å²) in [5, 5.41) is 13.8. The van der Waals surface area contributed by atoms with Crippen LogP contribution in [-0.4, -0.2) is 30.4 Å². The molecule has 0 saturated carbocycles. The Bertz CT molecular complexity index is 756. The van der Waals surface area contributed by atoms with E-state index in [4.69, 9.17) is 15.7 Å². The number of ether oxygens (including phenoxy) is 1. The molecule has 0 amide bonds. The van der Waals surface area contributed by atoms with Gasteiger partial charge in [-0.3, -0.25) is 0 Å². The molecule has 0 spiro atoms. The van der Waals surface area contributed by atoms with E-state index in [9.17, 15) is 5.11 Å². The molecule has 0 aliphatic heterocycles. The van der Waals surface area contributed by atoms with E-state index in [0.29, 0.717) is 5.75 Å². The third-order valence-electron chi connectivity index (χ3n) is 2.54. The Morgan fingerprint density at radius 1 is 1.26 bits per heavy atom. The van der Waals surface area contributed by atoms with Crippen molar-refractivity contribution in [3.05, 3.63) is 42.5 Å². The number of hydrogen-bond acceptors (Lipinski definition) is 3. The lowest BCUT2D eigenvalue weighted by Gasteiger charge is -2.15. The molecule has 3 nitrogen and oxygen atoms in total. The third kappa shape index (κ3) is 3.94. The monoisotopic (exact) mass is 267 g/mol. The number of aliphatic hydroxyl groups is 1. The highest BCUT2D eigenvalue weighted by atomic mass is 16.5.